The predicted molar refractivity (Wildman–Crippen MR) is 153 cm³/mol. The molecule has 2 N–H and O–H groups in total. The molecule has 3 saturated carbocycles. The summed E-state index contributed by atoms with van der Waals surface area (Å²) in [5.41, 5.74) is -1.58. The van der Waals surface area contributed by atoms with Crippen molar-refractivity contribution in [2.24, 2.45) is 16.7 Å². The Morgan fingerprint density at radius 2 is 1.78 bits per heavy atom. The first-order valence-corrected chi connectivity index (χ1v) is 15.5. The third-order valence-corrected chi connectivity index (χ3v) is 9.75. The van der Waals surface area contributed by atoms with Crippen molar-refractivity contribution in [1.82, 2.24) is 35.0 Å². The van der Waals surface area contributed by atoms with Gasteiger partial charge >= 0.3 is 6.18 Å². The van der Waals surface area contributed by atoms with Crippen molar-refractivity contribution >= 4 is 17.5 Å². The minimum Gasteiger partial charge on any atom is -0.348 e. The van der Waals surface area contributed by atoms with Crippen molar-refractivity contribution < 1.29 is 31.5 Å². The molecule has 0 bridgehead atoms. The number of rotatable bonds is 10. The molecule has 15 heteroatoms. The summed E-state index contributed by atoms with van der Waals surface area (Å²) in [7, 11) is 0. The number of hydrogen-bond donors (Lipinski definition) is 2. The molecule has 0 spiro atoms. The van der Waals surface area contributed by atoms with Crippen LogP contribution in [0.1, 0.15) is 112 Å². The minimum atomic E-state index is -4.49. The number of amides is 2. The van der Waals surface area contributed by atoms with Crippen LogP contribution in [0.3, 0.4) is 0 Å². The lowest BCUT2D eigenvalue weighted by Gasteiger charge is -2.33. The summed E-state index contributed by atoms with van der Waals surface area (Å²) in [4.78, 5) is 31.1. The second-order valence-corrected chi connectivity index (χ2v) is 13.4. The lowest BCUT2D eigenvalue weighted by Crippen LogP contribution is -2.38. The maximum Gasteiger partial charge on any atom is 0.395 e. The molecule has 246 valence electrons. The highest BCUT2D eigenvalue weighted by Gasteiger charge is 2.64. The zero-order valence-corrected chi connectivity index (χ0v) is 25.4. The fourth-order valence-electron chi connectivity index (χ4n) is 6.54. The molecule has 0 radical (unpaired) electrons. The molecule has 2 amide bonds. The van der Waals surface area contributed by atoms with Gasteiger partial charge in [0, 0.05) is 31.5 Å². The van der Waals surface area contributed by atoms with Crippen molar-refractivity contribution in [2.75, 3.05) is 0 Å². The van der Waals surface area contributed by atoms with Gasteiger partial charge in [0.15, 0.2) is 5.65 Å². The zero-order chi connectivity index (χ0) is 33.1. The Labute approximate surface area is 261 Å². The number of halogens is 5. The van der Waals surface area contributed by atoms with E-state index in [0.717, 1.165) is 0 Å². The van der Waals surface area contributed by atoms with Crippen molar-refractivity contribution in [3.63, 3.8) is 0 Å². The highest BCUT2D eigenvalue weighted by Crippen LogP contribution is 2.60. The van der Waals surface area contributed by atoms with Crippen LogP contribution in [0.25, 0.3) is 5.65 Å². The molecular formula is C31H35F5N8O2. The normalized spacial score (nSPS) is 21.4. The molecule has 0 saturated heterocycles. The number of carbonyl (C=O) groups is 2. The first-order valence-electron chi connectivity index (χ1n) is 15.5. The van der Waals surface area contributed by atoms with E-state index < -0.39 is 53.2 Å². The first kappa shape index (κ1) is 31.9. The van der Waals surface area contributed by atoms with Crippen LogP contribution >= 0.6 is 0 Å². The molecule has 3 aromatic rings. The Morgan fingerprint density at radius 1 is 1.09 bits per heavy atom. The van der Waals surface area contributed by atoms with E-state index in [2.05, 4.69) is 26.9 Å². The lowest BCUT2D eigenvalue weighted by atomic mass is 9.81. The van der Waals surface area contributed by atoms with Crippen molar-refractivity contribution in [3.8, 4) is 6.07 Å². The smallest absolute Gasteiger partial charge is 0.348 e. The van der Waals surface area contributed by atoms with E-state index in [-0.39, 0.29) is 50.5 Å². The highest BCUT2D eigenvalue weighted by atomic mass is 19.4. The van der Waals surface area contributed by atoms with Gasteiger partial charge in [-0.3, -0.25) is 14.3 Å². The molecule has 46 heavy (non-hydrogen) atoms. The number of alkyl halides is 5. The average molecular weight is 647 g/mol. The maximum atomic E-state index is 14.1. The SMILES string of the molecule is CC(C)n1nccc1C(=O)N[C@H](c1cn2ncc(C(NC(=O)CC3(C(F)(F)F)CC3)C3(C#N)CC3)cc2n1)C1CCC(F)(F)CC1. The Bertz CT molecular complexity index is 1670. The summed E-state index contributed by atoms with van der Waals surface area (Å²) in [6.07, 6.45) is -0.298. The fourth-order valence-corrected chi connectivity index (χ4v) is 6.54. The summed E-state index contributed by atoms with van der Waals surface area (Å²) >= 11 is 0. The molecular weight excluding hydrogens is 611 g/mol. The van der Waals surface area contributed by atoms with Gasteiger partial charge in [-0.15, -0.1) is 0 Å². The third kappa shape index (κ3) is 6.05. The second-order valence-electron chi connectivity index (χ2n) is 13.4. The number of nitrogens with zero attached hydrogens (tertiary/aromatic N) is 6. The Balaban J connectivity index is 1.29. The van der Waals surface area contributed by atoms with Gasteiger partial charge in [-0.25, -0.2) is 18.3 Å². The van der Waals surface area contributed by atoms with Crippen LogP contribution in [0.15, 0.2) is 30.7 Å². The number of aromatic nitrogens is 5. The molecule has 10 nitrogen and oxygen atoms in total. The van der Waals surface area contributed by atoms with Crippen molar-refractivity contribution in [2.45, 2.75) is 102 Å². The molecule has 3 heterocycles. The van der Waals surface area contributed by atoms with Gasteiger partial charge in [-0.05, 0) is 76.0 Å². The van der Waals surface area contributed by atoms with Gasteiger partial charge < -0.3 is 10.6 Å². The van der Waals surface area contributed by atoms with E-state index in [1.807, 2.05) is 13.8 Å². The van der Waals surface area contributed by atoms with Gasteiger partial charge in [0.05, 0.1) is 47.1 Å². The zero-order valence-electron chi connectivity index (χ0n) is 25.4. The fraction of sp³-hybridized carbons (Fsp3) is 0.613. The Kier molecular flexibility index (Phi) is 7.84. The van der Waals surface area contributed by atoms with E-state index in [1.165, 1.54) is 16.9 Å². The summed E-state index contributed by atoms with van der Waals surface area (Å²) in [6, 6.07) is 3.68. The van der Waals surface area contributed by atoms with Crippen LogP contribution in [0.5, 0.6) is 0 Å². The molecule has 0 aliphatic heterocycles. The molecule has 0 aromatic carbocycles. The number of fused-ring (bicyclic) bond motifs is 1. The molecule has 2 atom stereocenters. The average Bonchev–Trinajstić information content (AvgIpc) is 3.86. The van der Waals surface area contributed by atoms with Gasteiger partial charge in [-0.1, -0.05) is 0 Å². The summed E-state index contributed by atoms with van der Waals surface area (Å²) in [5.74, 6) is -4.34. The number of nitriles is 1. The lowest BCUT2D eigenvalue weighted by molar-refractivity contribution is -0.190. The summed E-state index contributed by atoms with van der Waals surface area (Å²) in [6.45, 7) is 3.76. The summed E-state index contributed by atoms with van der Waals surface area (Å²) < 4.78 is 71.8. The van der Waals surface area contributed by atoms with Crippen LogP contribution in [-0.4, -0.2) is 48.3 Å². The van der Waals surface area contributed by atoms with E-state index in [1.54, 1.807) is 23.0 Å². The molecule has 3 aliphatic carbocycles. The monoisotopic (exact) mass is 646 g/mol. The number of imidazole rings is 1. The Morgan fingerprint density at radius 3 is 2.37 bits per heavy atom. The van der Waals surface area contributed by atoms with Crippen molar-refractivity contribution in [3.05, 3.63) is 47.7 Å². The molecule has 3 fully saturated rings. The van der Waals surface area contributed by atoms with Gasteiger partial charge in [0.2, 0.25) is 11.8 Å². The number of hydrogen-bond acceptors (Lipinski definition) is 6. The van der Waals surface area contributed by atoms with E-state index in [4.69, 9.17) is 4.98 Å². The van der Waals surface area contributed by atoms with E-state index in [9.17, 15) is 36.8 Å². The van der Waals surface area contributed by atoms with Crippen LogP contribution in [0.4, 0.5) is 22.0 Å². The Hall–Kier alpha value is -4.09. The maximum absolute atomic E-state index is 14.1. The van der Waals surface area contributed by atoms with Crippen LogP contribution < -0.4 is 10.6 Å². The van der Waals surface area contributed by atoms with E-state index in [0.29, 0.717) is 35.4 Å². The predicted octanol–water partition coefficient (Wildman–Crippen LogP) is 6.00. The topological polar surface area (TPSA) is 130 Å². The van der Waals surface area contributed by atoms with Crippen molar-refractivity contribution in [1.29, 1.82) is 5.26 Å². The van der Waals surface area contributed by atoms with Crippen LogP contribution in [-0.2, 0) is 4.79 Å². The molecule has 6 rings (SSSR count). The van der Waals surface area contributed by atoms with E-state index >= 15 is 0 Å². The van der Waals surface area contributed by atoms with Gasteiger partial charge in [-0.2, -0.15) is 28.6 Å². The molecule has 3 aliphatic rings. The molecule has 3 aromatic heterocycles. The second kappa shape index (κ2) is 11.3. The highest BCUT2D eigenvalue weighted by molar-refractivity contribution is 5.92. The largest absolute Gasteiger partial charge is 0.395 e. The van der Waals surface area contributed by atoms with Gasteiger partial charge in [0.25, 0.3) is 5.91 Å². The third-order valence-electron chi connectivity index (χ3n) is 9.75. The summed E-state index contributed by atoms with van der Waals surface area (Å²) in [5, 5.41) is 24.3. The number of carbonyl (C=O) groups excluding carboxylic acids is 2. The molecule has 1 unspecified atom stereocenters. The minimum absolute atomic E-state index is 0.0970. The first-order chi connectivity index (χ1) is 21.7. The van der Waals surface area contributed by atoms with Gasteiger partial charge in [0.1, 0.15) is 5.69 Å². The van der Waals surface area contributed by atoms with Crippen LogP contribution in [0.2, 0.25) is 0 Å². The van der Waals surface area contributed by atoms with Crippen LogP contribution in [0, 0.1) is 28.1 Å². The quantitative estimate of drug-likeness (QED) is 0.260. The number of nitrogens with one attached hydrogen (secondary N) is 2. The standard InChI is InChI=1S/C31H35F5N8O2/c1-18(2)44-22(5-12-38-44)27(46)42-25(19-3-6-30(32,33)7-4-19)21-16-43-23(40-21)13-20(15-39-43)26(28(17-37)8-9-28)41-24(45)14-29(10-11-29)31(34,35)36/h5,12-13,15-16,18-19,25-26H,3-4,6-11,14H2,1-2H3,(H,41,45)(H,42,46)/t25-,26?/m0/s1.